The summed E-state index contributed by atoms with van der Waals surface area (Å²) in [5.74, 6) is 2.37. The van der Waals surface area contributed by atoms with Gasteiger partial charge in [0, 0.05) is 0 Å². The quantitative estimate of drug-likeness (QED) is 0.480. The number of rotatable bonds is 0. The predicted octanol–water partition coefficient (Wildman–Crippen LogP) is 2.98. The lowest BCUT2D eigenvalue weighted by Gasteiger charge is -2.09. The topological polar surface area (TPSA) is 0 Å². The van der Waals surface area contributed by atoms with Gasteiger partial charge in [-0.2, -0.15) is 0 Å². The van der Waals surface area contributed by atoms with Crippen LogP contribution in [0.25, 0.3) is 0 Å². The Bertz CT molecular complexity index is 161. The summed E-state index contributed by atoms with van der Waals surface area (Å²) in [6, 6.07) is 0. The summed E-state index contributed by atoms with van der Waals surface area (Å²) in [4.78, 5) is 0. The summed E-state index contributed by atoms with van der Waals surface area (Å²) >= 11 is 0. The maximum atomic E-state index is 1.62. The molecule has 1 spiro atoms. The molecule has 3 aliphatic carbocycles. The normalized spacial score (nSPS) is 57.6. The highest BCUT2D eigenvalue weighted by molar-refractivity contribution is 5.09. The van der Waals surface area contributed by atoms with E-state index in [1.165, 1.54) is 11.8 Å². The average Bonchev–Trinajstić information content (AvgIpc) is 2.52. The molecule has 0 aromatic carbocycles. The van der Waals surface area contributed by atoms with Crippen molar-refractivity contribution in [3.05, 3.63) is 0 Å². The molecule has 0 saturated heterocycles. The molecule has 0 aromatic rings. The smallest absolute Gasteiger partial charge is 0.0263 e. The van der Waals surface area contributed by atoms with E-state index in [4.69, 9.17) is 0 Å². The lowest BCUT2D eigenvalue weighted by Crippen LogP contribution is -1.97. The zero-order valence-corrected chi connectivity index (χ0v) is 6.60. The van der Waals surface area contributed by atoms with Crippen LogP contribution < -0.4 is 0 Å². The van der Waals surface area contributed by atoms with Crippen molar-refractivity contribution in [2.75, 3.05) is 0 Å². The molecule has 56 valence electrons. The lowest BCUT2D eigenvalue weighted by molar-refractivity contribution is 0.422. The van der Waals surface area contributed by atoms with Gasteiger partial charge in [0.2, 0.25) is 0 Å². The van der Waals surface area contributed by atoms with Crippen molar-refractivity contribution < 1.29 is 0 Å². The van der Waals surface area contributed by atoms with Crippen molar-refractivity contribution in [1.82, 2.24) is 0 Å². The fourth-order valence-corrected chi connectivity index (χ4v) is 3.61. The van der Waals surface area contributed by atoms with Gasteiger partial charge in [-0.25, -0.2) is 0 Å². The van der Waals surface area contributed by atoms with Crippen molar-refractivity contribution >= 4 is 0 Å². The largest absolute Gasteiger partial charge is 0.0530 e. The Morgan fingerprint density at radius 2 is 2.10 bits per heavy atom. The molecule has 0 heterocycles. The molecule has 0 radical (unpaired) electrons. The van der Waals surface area contributed by atoms with Crippen LogP contribution >= 0.6 is 0 Å². The number of hydrogen-bond donors (Lipinski definition) is 0. The second-order valence-electron chi connectivity index (χ2n) is 4.82. The third kappa shape index (κ3) is 0.580. The molecule has 3 unspecified atom stereocenters. The minimum atomic E-state index is 0.946. The van der Waals surface area contributed by atoms with Gasteiger partial charge in [-0.15, -0.1) is 0 Å². The molecule has 10 heavy (non-hydrogen) atoms. The molecular weight excluding hydrogens is 120 g/mol. The Morgan fingerprint density at radius 1 is 1.10 bits per heavy atom. The fraction of sp³-hybridized carbons (Fsp3) is 1.00. The van der Waals surface area contributed by atoms with Crippen LogP contribution in [0.1, 0.15) is 44.9 Å². The first kappa shape index (κ1) is 5.62. The Morgan fingerprint density at radius 3 is 3.10 bits per heavy atom. The van der Waals surface area contributed by atoms with Gasteiger partial charge in [0.05, 0.1) is 0 Å². The van der Waals surface area contributed by atoms with Crippen LogP contribution in [0.2, 0.25) is 0 Å². The van der Waals surface area contributed by atoms with E-state index < -0.39 is 0 Å². The van der Waals surface area contributed by atoms with E-state index >= 15 is 0 Å². The predicted molar refractivity (Wildman–Crippen MR) is 41.7 cm³/mol. The van der Waals surface area contributed by atoms with Crippen LogP contribution in [0.3, 0.4) is 0 Å². The van der Waals surface area contributed by atoms with Crippen LogP contribution in [0.4, 0.5) is 0 Å². The molecule has 0 aliphatic heterocycles. The minimum absolute atomic E-state index is 0.946. The van der Waals surface area contributed by atoms with E-state index in [1.54, 1.807) is 44.9 Å². The maximum absolute atomic E-state index is 1.62. The average molecular weight is 136 g/mol. The highest BCUT2D eigenvalue weighted by atomic mass is 14.6. The van der Waals surface area contributed by atoms with E-state index in [2.05, 4.69) is 0 Å². The second kappa shape index (κ2) is 1.60. The van der Waals surface area contributed by atoms with Crippen LogP contribution in [-0.2, 0) is 0 Å². The van der Waals surface area contributed by atoms with E-state index in [0.717, 1.165) is 5.41 Å². The molecule has 0 heteroatoms. The standard InChI is InChI=1S/C10H16/c1-2-4-10-6-8(3-1)5-9(10)7-10/h8-9H,1-7H2. The van der Waals surface area contributed by atoms with Gasteiger partial charge in [0.1, 0.15) is 0 Å². The van der Waals surface area contributed by atoms with Crippen LogP contribution in [-0.4, -0.2) is 0 Å². The number of hydrogen-bond acceptors (Lipinski definition) is 0. The molecule has 3 atom stereocenters. The second-order valence-corrected chi connectivity index (χ2v) is 4.82. The minimum Gasteiger partial charge on any atom is -0.0530 e. The molecule has 0 nitrogen and oxygen atoms in total. The van der Waals surface area contributed by atoms with Gasteiger partial charge < -0.3 is 0 Å². The third-order valence-corrected chi connectivity index (χ3v) is 4.21. The van der Waals surface area contributed by atoms with Crippen molar-refractivity contribution in [1.29, 1.82) is 0 Å². The lowest BCUT2D eigenvalue weighted by atomic mass is 9.96. The SMILES string of the molecule is C1CCC23CC(C1)CC2C3. The summed E-state index contributed by atoms with van der Waals surface area (Å²) in [5.41, 5.74) is 0.946. The summed E-state index contributed by atoms with van der Waals surface area (Å²) < 4.78 is 0. The van der Waals surface area contributed by atoms with Crippen molar-refractivity contribution in [2.24, 2.45) is 17.3 Å². The van der Waals surface area contributed by atoms with Gasteiger partial charge in [0.15, 0.2) is 0 Å². The fourth-order valence-electron chi connectivity index (χ4n) is 3.61. The zero-order valence-electron chi connectivity index (χ0n) is 6.60. The summed E-state index contributed by atoms with van der Waals surface area (Å²) in [7, 11) is 0. The molecule has 0 aromatic heterocycles. The van der Waals surface area contributed by atoms with E-state index in [0.29, 0.717) is 0 Å². The summed E-state index contributed by atoms with van der Waals surface area (Å²) in [6.45, 7) is 0. The van der Waals surface area contributed by atoms with E-state index in [1.807, 2.05) is 0 Å². The van der Waals surface area contributed by atoms with Crippen molar-refractivity contribution in [3.63, 3.8) is 0 Å². The Hall–Kier alpha value is 0. The first-order valence-electron chi connectivity index (χ1n) is 4.89. The maximum Gasteiger partial charge on any atom is -0.0263 e. The van der Waals surface area contributed by atoms with Crippen molar-refractivity contribution in [3.8, 4) is 0 Å². The monoisotopic (exact) mass is 136 g/mol. The van der Waals surface area contributed by atoms with Crippen LogP contribution in [0.5, 0.6) is 0 Å². The number of fused-ring (bicyclic) bond motifs is 1. The molecule has 3 rings (SSSR count). The Labute approximate surface area is 63.0 Å². The van der Waals surface area contributed by atoms with Gasteiger partial charge in [-0.3, -0.25) is 0 Å². The highest BCUT2D eigenvalue weighted by Gasteiger charge is 2.59. The van der Waals surface area contributed by atoms with Gasteiger partial charge >= 0.3 is 0 Å². The zero-order chi connectivity index (χ0) is 6.60. The molecule has 3 saturated carbocycles. The first-order valence-corrected chi connectivity index (χ1v) is 4.89. The molecule has 3 fully saturated rings. The molecule has 2 bridgehead atoms. The third-order valence-electron chi connectivity index (χ3n) is 4.21. The van der Waals surface area contributed by atoms with E-state index in [-0.39, 0.29) is 0 Å². The van der Waals surface area contributed by atoms with Crippen molar-refractivity contribution in [2.45, 2.75) is 44.9 Å². The van der Waals surface area contributed by atoms with Crippen LogP contribution in [0.15, 0.2) is 0 Å². The van der Waals surface area contributed by atoms with Gasteiger partial charge in [-0.05, 0) is 42.9 Å². The highest BCUT2D eigenvalue weighted by Crippen LogP contribution is 2.69. The first-order chi connectivity index (χ1) is 4.89. The van der Waals surface area contributed by atoms with Crippen LogP contribution in [0, 0.1) is 17.3 Å². The summed E-state index contributed by atoms with van der Waals surface area (Å²) in [6.07, 6.45) is 11.1. The summed E-state index contributed by atoms with van der Waals surface area (Å²) in [5, 5.41) is 0. The molecular formula is C10H16. The van der Waals surface area contributed by atoms with Gasteiger partial charge in [0.25, 0.3) is 0 Å². The Kier molecular flexibility index (Phi) is 0.898. The molecule has 3 aliphatic rings. The van der Waals surface area contributed by atoms with Gasteiger partial charge in [-0.1, -0.05) is 19.3 Å². The Balaban J connectivity index is 1.88. The molecule has 0 N–H and O–H groups in total. The van der Waals surface area contributed by atoms with E-state index in [9.17, 15) is 0 Å². The molecule has 0 amide bonds.